The quantitative estimate of drug-likeness (QED) is 0.778. The van der Waals surface area contributed by atoms with Crippen molar-refractivity contribution < 1.29 is 0 Å². The van der Waals surface area contributed by atoms with Crippen LogP contribution in [-0.2, 0) is 0 Å². The van der Waals surface area contributed by atoms with Crippen LogP contribution in [0.1, 0.15) is 43.8 Å². The molecule has 2 heteroatoms. The van der Waals surface area contributed by atoms with Crippen molar-refractivity contribution >= 4 is 0 Å². The number of hydrogen-bond acceptors (Lipinski definition) is 2. The molecule has 1 aliphatic rings. The summed E-state index contributed by atoms with van der Waals surface area (Å²) in [6.07, 6.45) is 8.44. The monoisotopic (exact) mass is 190 g/mol. The third-order valence-electron chi connectivity index (χ3n) is 3.19. The van der Waals surface area contributed by atoms with Crippen LogP contribution in [0, 0.1) is 5.92 Å². The van der Waals surface area contributed by atoms with E-state index in [1.54, 1.807) is 0 Å². The van der Waals surface area contributed by atoms with Gasteiger partial charge >= 0.3 is 0 Å². The Morgan fingerprint density at radius 1 is 1.21 bits per heavy atom. The minimum atomic E-state index is 0.150. The van der Waals surface area contributed by atoms with Crippen molar-refractivity contribution in [2.75, 3.05) is 0 Å². The molecule has 0 unspecified atom stereocenters. The summed E-state index contributed by atoms with van der Waals surface area (Å²) >= 11 is 0. The third kappa shape index (κ3) is 2.13. The van der Waals surface area contributed by atoms with Gasteiger partial charge in [0, 0.05) is 12.2 Å². The largest absolute Gasteiger partial charge is 0.322 e. The second-order valence-electron chi connectivity index (χ2n) is 4.18. The Balaban J connectivity index is 2.03. The Morgan fingerprint density at radius 3 is 2.64 bits per heavy atom. The van der Waals surface area contributed by atoms with Gasteiger partial charge in [0.15, 0.2) is 0 Å². The van der Waals surface area contributed by atoms with Crippen LogP contribution in [0.15, 0.2) is 24.4 Å². The number of nitrogens with zero attached hydrogens (tertiary/aromatic N) is 1. The summed E-state index contributed by atoms with van der Waals surface area (Å²) in [5, 5.41) is 0. The standard InChI is InChI=1S/C12H18N2/c13-12(10-6-2-1-3-7-10)11-8-4-5-9-14-11/h4-5,8-10,12H,1-3,6-7,13H2/t12-/m1/s1. The lowest BCUT2D eigenvalue weighted by Gasteiger charge is -2.26. The topological polar surface area (TPSA) is 38.9 Å². The normalized spacial score (nSPS) is 20.6. The van der Waals surface area contributed by atoms with Crippen LogP contribution in [0.25, 0.3) is 0 Å². The smallest absolute Gasteiger partial charge is 0.0573 e. The second kappa shape index (κ2) is 4.56. The minimum absolute atomic E-state index is 0.150. The van der Waals surface area contributed by atoms with Crippen LogP contribution in [0.3, 0.4) is 0 Å². The maximum absolute atomic E-state index is 6.21. The van der Waals surface area contributed by atoms with Crippen LogP contribution in [0.2, 0.25) is 0 Å². The highest BCUT2D eigenvalue weighted by molar-refractivity contribution is 5.09. The number of nitrogens with two attached hydrogens (primary N) is 1. The Hall–Kier alpha value is -0.890. The van der Waals surface area contributed by atoms with Gasteiger partial charge in [0.1, 0.15) is 0 Å². The average Bonchev–Trinajstić information content (AvgIpc) is 2.30. The summed E-state index contributed by atoms with van der Waals surface area (Å²) in [5.74, 6) is 0.652. The molecule has 2 rings (SSSR count). The molecule has 0 radical (unpaired) electrons. The lowest BCUT2D eigenvalue weighted by Crippen LogP contribution is -2.24. The van der Waals surface area contributed by atoms with Crippen LogP contribution >= 0.6 is 0 Å². The van der Waals surface area contributed by atoms with E-state index in [-0.39, 0.29) is 6.04 Å². The van der Waals surface area contributed by atoms with Gasteiger partial charge in [0.25, 0.3) is 0 Å². The molecular weight excluding hydrogens is 172 g/mol. The van der Waals surface area contributed by atoms with Gasteiger partial charge in [-0.1, -0.05) is 25.3 Å². The van der Waals surface area contributed by atoms with Crippen molar-refractivity contribution in [3.8, 4) is 0 Å². The Morgan fingerprint density at radius 2 is 2.00 bits per heavy atom. The molecule has 0 amide bonds. The van der Waals surface area contributed by atoms with Gasteiger partial charge < -0.3 is 5.73 Å². The fourth-order valence-corrected chi connectivity index (χ4v) is 2.31. The number of rotatable bonds is 2. The number of pyridine rings is 1. The first-order valence-corrected chi connectivity index (χ1v) is 5.54. The van der Waals surface area contributed by atoms with Crippen molar-refractivity contribution in [1.82, 2.24) is 4.98 Å². The van der Waals surface area contributed by atoms with Crippen LogP contribution < -0.4 is 5.73 Å². The summed E-state index contributed by atoms with van der Waals surface area (Å²) in [4.78, 5) is 4.33. The van der Waals surface area contributed by atoms with Crippen LogP contribution in [0.4, 0.5) is 0 Å². The van der Waals surface area contributed by atoms with Crippen molar-refractivity contribution in [2.24, 2.45) is 11.7 Å². The van der Waals surface area contributed by atoms with Gasteiger partial charge in [-0.05, 0) is 30.9 Å². The molecule has 1 aliphatic carbocycles. The zero-order valence-electron chi connectivity index (χ0n) is 8.52. The predicted octanol–water partition coefficient (Wildman–Crippen LogP) is 2.66. The van der Waals surface area contributed by atoms with Crippen molar-refractivity contribution in [3.05, 3.63) is 30.1 Å². The highest BCUT2D eigenvalue weighted by atomic mass is 14.8. The molecule has 2 nitrogen and oxygen atoms in total. The van der Waals surface area contributed by atoms with E-state index in [9.17, 15) is 0 Å². The van der Waals surface area contributed by atoms with E-state index in [0.717, 1.165) is 5.69 Å². The van der Waals surface area contributed by atoms with Crippen molar-refractivity contribution in [3.63, 3.8) is 0 Å². The van der Waals surface area contributed by atoms with Gasteiger partial charge in [-0.3, -0.25) is 4.98 Å². The minimum Gasteiger partial charge on any atom is -0.322 e. The van der Waals surface area contributed by atoms with Gasteiger partial charge in [-0.15, -0.1) is 0 Å². The average molecular weight is 190 g/mol. The highest BCUT2D eigenvalue weighted by Crippen LogP contribution is 2.31. The van der Waals surface area contributed by atoms with Gasteiger partial charge in [0.05, 0.1) is 5.69 Å². The molecule has 1 atom stereocenters. The lowest BCUT2D eigenvalue weighted by molar-refractivity contribution is 0.305. The molecule has 14 heavy (non-hydrogen) atoms. The van der Waals surface area contributed by atoms with Gasteiger partial charge in [-0.25, -0.2) is 0 Å². The summed E-state index contributed by atoms with van der Waals surface area (Å²) in [5.41, 5.74) is 7.26. The van der Waals surface area contributed by atoms with E-state index in [1.165, 1.54) is 32.1 Å². The molecule has 0 spiro atoms. The molecule has 76 valence electrons. The summed E-state index contributed by atoms with van der Waals surface area (Å²) in [6, 6.07) is 6.15. The Labute approximate surface area is 85.5 Å². The zero-order chi connectivity index (χ0) is 9.80. The molecule has 0 saturated heterocycles. The van der Waals surface area contributed by atoms with Crippen LogP contribution in [-0.4, -0.2) is 4.98 Å². The van der Waals surface area contributed by atoms with E-state index < -0.39 is 0 Å². The summed E-state index contributed by atoms with van der Waals surface area (Å²) in [7, 11) is 0. The molecule has 1 heterocycles. The van der Waals surface area contributed by atoms with Gasteiger partial charge in [-0.2, -0.15) is 0 Å². The molecule has 0 aromatic carbocycles. The fourth-order valence-electron chi connectivity index (χ4n) is 2.31. The van der Waals surface area contributed by atoms with Crippen LogP contribution in [0.5, 0.6) is 0 Å². The SMILES string of the molecule is N[C@@H](c1ccccn1)C1CCCCC1. The molecule has 0 aliphatic heterocycles. The Bertz CT molecular complexity index is 265. The van der Waals surface area contributed by atoms with Gasteiger partial charge in [0.2, 0.25) is 0 Å². The zero-order valence-corrected chi connectivity index (χ0v) is 8.52. The summed E-state index contributed by atoms with van der Waals surface area (Å²) in [6.45, 7) is 0. The molecule has 1 aromatic rings. The molecule has 0 bridgehead atoms. The summed E-state index contributed by atoms with van der Waals surface area (Å²) < 4.78 is 0. The molecule has 1 fully saturated rings. The third-order valence-corrected chi connectivity index (χ3v) is 3.19. The first-order valence-electron chi connectivity index (χ1n) is 5.54. The van der Waals surface area contributed by atoms with E-state index in [1.807, 2.05) is 24.4 Å². The molecule has 2 N–H and O–H groups in total. The number of hydrogen-bond donors (Lipinski definition) is 1. The highest BCUT2D eigenvalue weighted by Gasteiger charge is 2.22. The van der Waals surface area contributed by atoms with E-state index in [0.29, 0.717) is 5.92 Å². The first kappa shape index (κ1) is 9.66. The van der Waals surface area contributed by atoms with Crippen molar-refractivity contribution in [1.29, 1.82) is 0 Å². The maximum Gasteiger partial charge on any atom is 0.0573 e. The lowest BCUT2D eigenvalue weighted by atomic mass is 9.83. The second-order valence-corrected chi connectivity index (χ2v) is 4.18. The fraction of sp³-hybridized carbons (Fsp3) is 0.583. The Kier molecular flexibility index (Phi) is 3.14. The molecular formula is C12H18N2. The molecule has 1 saturated carbocycles. The molecule has 1 aromatic heterocycles. The van der Waals surface area contributed by atoms with Crippen molar-refractivity contribution in [2.45, 2.75) is 38.1 Å². The predicted molar refractivity (Wildman–Crippen MR) is 57.7 cm³/mol. The van der Waals surface area contributed by atoms with E-state index in [4.69, 9.17) is 5.73 Å². The van der Waals surface area contributed by atoms with E-state index >= 15 is 0 Å². The maximum atomic E-state index is 6.21. The number of aromatic nitrogens is 1. The first-order chi connectivity index (χ1) is 6.88. The van der Waals surface area contributed by atoms with E-state index in [2.05, 4.69) is 4.98 Å².